The molecule has 0 bridgehead atoms. The number of ether oxygens (including phenoxy) is 2. The van der Waals surface area contributed by atoms with Crippen molar-refractivity contribution in [2.24, 2.45) is 0 Å². The third-order valence-corrected chi connectivity index (χ3v) is 3.83. The normalized spacial score (nSPS) is 22.9. The maximum atomic E-state index is 6.18. The summed E-state index contributed by atoms with van der Waals surface area (Å²) in [6.07, 6.45) is 2.41. The second-order valence-corrected chi connectivity index (χ2v) is 5.07. The molecule has 1 heterocycles. The Kier molecular flexibility index (Phi) is 3.91. The summed E-state index contributed by atoms with van der Waals surface area (Å²) in [7, 11) is 0. The van der Waals surface area contributed by atoms with E-state index in [-0.39, 0.29) is 0 Å². The van der Waals surface area contributed by atoms with Crippen molar-refractivity contribution in [2.75, 3.05) is 5.33 Å². The monoisotopic (exact) mass is 336 g/mol. The second-order valence-electron chi connectivity index (χ2n) is 3.67. The molecular formula is C12H11BrCl2O2. The Morgan fingerprint density at radius 1 is 1.35 bits per heavy atom. The number of hydrogen-bond donors (Lipinski definition) is 0. The number of rotatable bonds is 3. The van der Waals surface area contributed by atoms with Gasteiger partial charge in [0.2, 0.25) is 0 Å². The second kappa shape index (κ2) is 5.09. The van der Waals surface area contributed by atoms with Crippen LogP contribution in [-0.2, 0) is 15.3 Å². The van der Waals surface area contributed by atoms with E-state index in [0.29, 0.717) is 15.4 Å². The van der Waals surface area contributed by atoms with Gasteiger partial charge in [0.15, 0.2) is 0 Å². The lowest BCUT2D eigenvalue weighted by Crippen LogP contribution is -2.29. The van der Waals surface area contributed by atoms with Crippen molar-refractivity contribution < 1.29 is 9.47 Å². The van der Waals surface area contributed by atoms with Gasteiger partial charge in [-0.15, -0.1) is 0 Å². The van der Waals surface area contributed by atoms with Gasteiger partial charge < -0.3 is 9.47 Å². The van der Waals surface area contributed by atoms with Crippen LogP contribution in [0.2, 0.25) is 10.0 Å². The molecule has 92 valence electrons. The van der Waals surface area contributed by atoms with Gasteiger partial charge in [0.1, 0.15) is 12.0 Å². The van der Waals surface area contributed by atoms with Gasteiger partial charge in [-0.2, -0.15) is 0 Å². The van der Waals surface area contributed by atoms with Gasteiger partial charge in [0, 0.05) is 11.4 Å². The van der Waals surface area contributed by atoms with E-state index in [2.05, 4.69) is 15.9 Å². The van der Waals surface area contributed by atoms with E-state index < -0.39 is 5.79 Å². The summed E-state index contributed by atoms with van der Waals surface area (Å²) in [6, 6.07) is 5.27. The largest absolute Gasteiger partial charge is 0.452 e. The topological polar surface area (TPSA) is 18.5 Å². The molecule has 0 saturated heterocycles. The first kappa shape index (κ1) is 13.1. The van der Waals surface area contributed by atoms with Gasteiger partial charge in [-0.1, -0.05) is 46.1 Å². The highest BCUT2D eigenvalue weighted by atomic mass is 79.9. The molecule has 2 nitrogen and oxygen atoms in total. The Morgan fingerprint density at radius 3 is 2.65 bits per heavy atom. The Hall–Kier alpha value is -0.380. The molecular weight excluding hydrogens is 327 g/mol. The van der Waals surface area contributed by atoms with Crippen LogP contribution < -0.4 is 0 Å². The SMILES string of the molecule is CCC1=COC(CBr)(c2ccc(Cl)cc2Cl)O1. The summed E-state index contributed by atoms with van der Waals surface area (Å²) in [5.41, 5.74) is 0.764. The van der Waals surface area contributed by atoms with E-state index in [1.807, 2.05) is 13.0 Å². The molecule has 1 aromatic rings. The van der Waals surface area contributed by atoms with E-state index >= 15 is 0 Å². The van der Waals surface area contributed by atoms with E-state index in [9.17, 15) is 0 Å². The molecule has 17 heavy (non-hydrogen) atoms. The predicted molar refractivity (Wildman–Crippen MR) is 72.5 cm³/mol. The molecule has 0 radical (unpaired) electrons. The molecule has 1 aromatic carbocycles. The van der Waals surface area contributed by atoms with Crippen LogP contribution in [0.5, 0.6) is 0 Å². The van der Waals surface area contributed by atoms with E-state index in [1.54, 1.807) is 18.4 Å². The summed E-state index contributed by atoms with van der Waals surface area (Å²) in [4.78, 5) is 0. The summed E-state index contributed by atoms with van der Waals surface area (Å²) < 4.78 is 11.5. The lowest BCUT2D eigenvalue weighted by Gasteiger charge is -2.27. The molecule has 0 fully saturated rings. The molecule has 1 unspecified atom stereocenters. The fourth-order valence-corrected chi connectivity index (χ4v) is 2.73. The van der Waals surface area contributed by atoms with Crippen LogP contribution in [0.25, 0.3) is 0 Å². The van der Waals surface area contributed by atoms with Crippen LogP contribution >= 0.6 is 39.1 Å². The molecule has 0 aliphatic carbocycles. The highest BCUT2D eigenvalue weighted by molar-refractivity contribution is 9.09. The van der Waals surface area contributed by atoms with Crippen LogP contribution in [0, 0.1) is 0 Å². The van der Waals surface area contributed by atoms with Crippen molar-refractivity contribution in [1.82, 2.24) is 0 Å². The van der Waals surface area contributed by atoms with Crippen molar-refractivity contribution in [3.8, 4) is 0 Å². The van der Waals surface area contributed by atoms with Crippen LogP contribution in [0.15, 0.2) is 30.2 Å². The molecule has 1 aliphatic heterocycles. The first-order valence-electron chi connectivity index (χ1n) is 5.18. The zero-order chi connectivity index (χ0) is 12.5. The average molecular weight is 338 g/mol. The van der Waals surface area contributed by atoms with Crippen molar-refractivity contribution in [3.63, 3.8) is 0 Å². The molecule has 5 heteroatoms. The number of allylic oxidation sites excluding steroid dienone is 1. The fraction of sp³-hybridized carbons (Fsp3) is 0.333. The van der Waals surface area contributed by atoms with Crippen LogP contribution in [0.1, 0.15) is 18.9 Å². The van der Waals surface area contributed by atoms with Crippen LogP contribution in [0.3, 0.4) is 0 Å². The Morgan fingerprint density at radius 2 is 2.12 bits per heavy atom. The molecule has 2 rings (SSSR count). The van der Waals surface area contributed by atoms with E-state index in [1.165, 1.54) is 0 Å². The minimum absolute atomic E-state index is 0.487. The summed E-state index contributed by atoms with van der Waals surface area (Å²) >= 11 is 15.5. The first-order chi connectivity index (χ1) is 8.11. The van der Waals surface area contributed by atoms with Crippen LogP contribution in [0.4, 0.5) is 0 Å². The average Bonchev–Trinajstić information content (AvgIpc) is 2.74. The highest BCUT2D eigenvalue weighted by Gasteiger charge is 2.41. The fourth-order valence-electron chi connectivity index (χ4n) is 1.62. The van der Waals surface area contributed by atoms with Gasteiger partial charge >= 0.3 is 0 Å². The summed E-state index contributed by atoms with van der Waals surface area (Å²) in [5.74, 6) is -0.0806. The minimum atomic E-state index is -0.882. The maximum absolute atomic E-state index is 6.18. The van der Waals surface area contributed by atoms with Crippen molar-refractivity contribution >= 4 is 39.1 Å². The first-order valence-corrected chi connectivity index (χ1v) is 7.06. The molecule has 0 spiro atoms. The van der Waals surface area contributed by atoms with Crippen molar-refractivity contribution in [2.45, 2.75) is 19.1 Å². The number of alkyl halides is 1. The predicted octanol–water partition coefficient (Wildman–Crippen LogP) is 4.84. The minimum Gasteiger partial charge on any atom is -0.452 e. The zero-order valence-electron chi connectivity index (χ0n) is 9.17. The van der Waals surface area contributed by atoms with Gasteiger partial charge in [-0.25, -0.2) is 0 Å². The van der Waals surface area contributed by atoms with E-state index in [4.69, 9.17) is 32.7 Å². The van der Waals surface area contributed by atoms with Gasteiger partial charge in [0.05, 0.1) is 15.9 Å². The zero-order valence-corrected chi connectivity index (χ0v) is 12.3. The smallest absolute Gasteiger partial charge is 0.288 e. The third-order valence-electron chi connectivity index (χ3n) is 2.54. The number of halogens is 3. The molecule has 1 atom stereocenters. The summed E-state index contributed by atoms with van der Waals surface area (Å²) in [6.45, 7) is 2.00. The van der Waals surface area contributed by atoms with Crippen LogP contribution in [-0.4, -0.2) is 5.33 Å². The lowest BCUT2D eigenvalue weighted by atomic mass is 10.1. The highest BCUT2D eigenvalue weighted by Crippen LogP contribution is 2.41. The Labute approximate surface area is 119 Å². The molecule has 0 N–H and O–H groups in total. The molecule has 1 aliphatic rings. The number of benzene rings is 1. The molecule has 0 saturated carbocycles. The summed E-state index contributed by atoms with van der Waals surface area (Å²) in [5, 5.41) is 1.61. The van der Waals surface area contributed by atoms with Gasteiger partial charge in [-0.05, 0) is 18.2 Å². The lowest BCUT2D eigenvalue weighted by molar-refractivity contribution is -0.135. The Balaban J connectivity index is 2.37. The molecule has 0 amide bonds. The van der Waals surface area contributed by atoms with Crippen molar-refractivity contribution in [1.29, 1.82) is 0 Å². The van der Waals surface area contributed by atoms with Gasteiger partial charge in [-0.3, -0.25) is 0 Å². The quantitative estimate of drug-likeness (QED) is 0.735. The Bertz CT molecular complexity index is 462. The molecule has 0 aromatic heterocycles. The standard InChI is InChI=1S/C12H11BrCl2O2/c1-2-9-6-16-12(7-13,17-9)10-4-3-8(14)5-11(10)15/h3-6H,2,7H2,1H3. The van der Waals surface area contributed by atoms with Crippen molar-refractivity contribution in [3.05, 3.63) is 45.8 Å². The number of hydrogen-bond acceptors (Lipinski definition) is 2. The maximum Gasteiger partial charge on any atom is 0.288 e. The third kappa shape index (κ3) is 2.42. The van der Waals surface area contributed by atoms with Gasteiger partial charge in [0.25, 0.3) is 5.79 Å². The van der Waals surface area contributed by atoms with E-state index in [0.717, 1.165) is 17.7 Å².